The molecule has 1 aromatic carbocycles. The molecule has 0 spiro atoms. The monoisotopic (exact) mass is 284 g/mol. The van der Waals surface area contributed by atoms with Crippen molar-refractivity contribution in [2.45, 2.75) is 13.8 Å². The van der Waals surface area contributed by atoms with Crippen LogP contribution in [0.1, 0.15) is 13.8 Å². The first kappa shape index (κ1) is 13.2. The number of benzene rings is 1. The van der Waals surface area contributed by atoms with Gasteiger partial charge in [0, 0.05) is 10.2 Å². The molecule has 0 fully saturated rings. The van der Waals surface area contributed by atoms with E-state index in [9.17, 15) is 4.79 Å². The topological polar surface area (TPSA) is 41.1 Å². The quantitative estimate of drug-likeness (QED) is 0.873. The summed E-state index contributed by atoms with van der Waals surface area (Å²) in [5.74, 6) is 0.545. The van der Waals surface area contributed by atoms with Crippen LogP contribution in [0.5, 0.6) is 0 Å². The second-order valence-electron chi connectivity index (χ2n) is 4.08. The van der Waals surface area contributed by atoms with Gasteiger partial charge in [-0.2, -0.15) is 0 Å². The number of amides is 1. The Bertz CT molecular complexity index is 335. The molecular formula is C12H17BrN2O. The first-order chi connectivity index (χ1) is 7.58. The summed E-state index contributed by atoms with van der Waals surface area (Å²) in [6, 6.07) is 7.53. The fourth-order valence-corrected chi connectivity index (χ4v) is 1.48. The lowest BCUT2D eigenvalue weighted by molar-refractivity contribution is -0.115. The molecule has 16 heavy (non-hydrogen) atoms. The van der Waals surface area contributed by atoms with Gasteiger partial charge in [-0.3, -0.25) is 4.79 Å². The molecule has 0 bridgehead atoms. The maximum atomic E-state index is 11.5. The van der Waals surface area contributed by atoms with E-state index in [1.807, 2.05) is 24.3 Å². The second kappa shape index (κ2) is 6.66. The van der Waals surface area contributed by atoms with Gasteiger partial charge in [-0.15, -0.1) is 0 Å². The molecule has 0 atom stereocenters. The van der Waals surface area contributed by atoms with Crippen LogP contribution in [0.2, 0.25) is 0 Å². The van der Waals surface area contributed by atoms with Crippen LogP contribution in [-0.4, -0.2) is 19.0 Å². The number of hydrogen-bond acceptors (Lipinski definition) is 2. The second-order valence-corrected chi connectivity index (χ2v) is 5.00. The molecule has 88 valence electrons. The van der Waals surface area contributed by atoms with Crippen molar-refractivity contribution in [3.8, 4) is 0 Å². The first-order valence-corrected chi connectivity index (χ1v) is 6.13. The van der Waals surface area contributed by atoms with Crippen LogP contribution in [-0.2, 0) is 4.79 Å². The van der Waals surface area contributed by atoms with Crippen LogP contribution in [0.15, 0.2) is 28.7 Å². The van der Waals surface area contributed by atoms with E-state index in [-0.39, 0.29) is 5.91 Å². The van der Waals surface area contributed by atoms with Gasteiger partial charge >= 0.3 is 0 Å². The molecule has 0 saturated carbocycles. The number of hydrogen-bond donors (Lipinski definition) is 2. The van der Waals surface area contributed by atoms with E-state index < -0.39 is 0 Å². The summed E-state index contributed by atoms with van der Waals surface area (Å²) in [7, 11) is 0. The van der Waals surface area contributed by atoms with E-state index in [0.717, 1.165) is 16.7 Å². The highest BCUT2D eigenvalue weighted by Gasteiger charge is 2.02. The minimum atomic E-state index is -0.0111. The first-order valence-electron chi connectivity index (χ1n) is 5.34. The Morgan fingerprint density at radius 1 is 1.31 bits per heavy atom. The Morgan fingerprint density at radius 2 is 1.94 bits per heavy atom. The number of rotatable bonds is 5. The van der Waals surface area contributed by atoms with Gasteiger partial charge in [-0.05, 0) is 36.7 Å². The van der Waals surface area contributed by atoms with Gasteiger partial charge in [0.15, 0.2) is 0 Å². The zero-order valence-corrected chi connectivity index (χ0v) is 11.2. The van der Waals surface area contributed by atoms with Gasteiger partial charge in [-0.1, -0.05) is 29.8 Å². The van der Waals surface area contributed by atoms with Crippen molar-refractivity contribution < 1.29 is 4.79 Å². The standard InChI is InChI=1S/C12H17BrN2O/c1-9(2)7-14-8-12(16)15-11-5-3-10(13)4-6-11/h3-6,9,14H,7-8H2,1-2H3,(H,15,16). The molecule has 1 aromatic rings. The van der Waals surface area contributed by atoms with Crippen molar-refractivity contribution in [1.29, 1.82) is 0 Å². The smallest absolute Gasteiger partial charge is 0.238 e. The third-order valence-electron chi connectivity index (χ3n) is 1.97. The van der Waals surface area contributed by atoms with E-state index in [1.165, 1.54) is 0 Å². The molecule has 0 aromatic heterocycles. The van der Waals surface area contributed by atoms with E-state index in [1.54, 1.807) is 0 Å². The van der Waals surface area contributed by atoms with Gasteiger partial charge < -0.3 is 10.6 Å². The molecule has 0 aliphatic carbocycles. The van der Waals surface area contributed by atoms with Gasteiger partial charge in [0.25, 0.3) is 0 Å². The van der Waals surface area contributed by atoms with Crippen LogP contribution < -0.4 is 10.6 Å². The summed E-state index contributed by atoms with van der Waals surface area (Å²) in [5.41, 5.74) is 0.819. The van der Waals surface area contributed by atoms with Crippen LogP contribution in [0.25, 0.3) is 0 Å². The number of halogens is 1. The zero-order chi connectivity index (χ0) is 12.0. The molecule has 0 saturated heterocycles. The highest BCUT2D eigenvalue weighted by molar-refractivity contribution is 9.10. The molecule has 0 aliphatic heterocycles. The normalized spacial score (nSPS) is 10.5. The minimum absolute atomic E-state index is 0.0111. The van der Waals surface area contributed by atoms with Crippen LogP contribution in [0.3, 0.4) is 0 Å². The summed E-state index contributed by atoms with van der Waals surface area (Å²) < 4.78 is 1.00. The van der Waals surface area contributed by atoms with E-state index in [2.05, 4.69) is 40.4 Å². The highest BCUT2D eigenvalue weighted by Crippen LogP contribution is 2.13. The summed E-state index contributed by atoms with van der Waals surface area (Å²) in [4.78, 5) is 11.5. The van der Waals surface area contributed by atoms with Gasteiger partial charge in [0.1, 0.15) is 0 Å². The molecule has 4 heteroatoms. The maximum absolute atomic E-state index is 11.5. The van der Waals surface area contributed by atoms with Gasteiger partial charge in [0.05, 0.1) is 6.54 Å². The van der Waals surface area contributed by atoms with E-state index in [0.29, 0.717) is 12.5 Å². The predicted molar refractivity (Wildman–Crippen MR) is 70.5 cm³/mol. The average molecular weight is 285 g/mol. The van der Waals surface area contributed by atoms with Gasteiger partial charge in [-0.25, -0.2) is 0 Å². The lowest BCUT2D eigenvalue weighted by Gasteiger charge is -2.08. The molecule has 3 nitrogen and oxygen atoms in total. The fourth-order valence-electron chi connectivity index (χ4n) is 1.21. The van der Waals surface area contributed by atoms with Gasteiger partial charge in [0.2, 0.25) is 5.91 Å². The summed E-state index contributed by atoms with van der Waals surface area (Å²) >= 11 is 3.34. The molecule has 0 radical (unpaired) electrons. The highest BCUT2D eigenvalue weighted by atomic mass is 79.9. The van der Waals surface area contributed by atoms with Crippen molar-refractivity contribution in [3.05, 3.63) is 28.7 Å². The van der Waals surface area contributed by atoms with Crippen molar-refractivity contribution >= 4 is 27.5 Å². The number of carbonyl (C=O) groups excluding carboxylic acids is 1. The molecule has 2 N–H and O–H groups in total. The molecule has 0 aliphatic rings. The maximum Gasteiger partial charge on any atom is 0.238 e. The Kier molecular flexibility index (Phi) is 5.49. The number of carbonyl (C=O) groups is 1. The lowest BCUT2D eigenvalue weighted by Crippen LogP contribution is -2.30. The van der Waals surface area contributed by atoms with E-state index >= 15 is 0 Å². The number of nitrogens with one attached hydrogen (secondary N) is 2. The molecular weight excluding hydrogens is 268 g/mol. The molecule has 0 unspecified atom stereocenters. The van der Waals surface area contributed by atoms with Crippen molar-refractivity contribution in [2.75, 3.05) is 18.4 Å². The summed E-state index contributed by atoms with van der Waals surface area (Å²) in [6.45, 7) is 5.43. The van der Waals surface area contributed by atoms with Crippen molar-refractivity contribution in [2.24, 2.45) is 5.92 Å². The average Bonchev–Trinajstić information content (AvgIpc) is 2.21. The van der Waals surface area contributed by atoms with Crippen LogP contribution >= 0.6 is 15.9 Å². The van der Waals surface area contributed by atoms with Crippen LogP contribution in [0, 0.1) is 5.92 Å². The van der Waals surface area contributed by atoms with Crippen molar-refractivity contribution in [1.82, 2.24) is 5.32 Å². The van der Waals surface area contributed by atoms with E-state index in [4.69, 9.17) is 0 Å². The fraction of sp³-hybridized carbons (Fsp3) is 0.417. The van der Waals surface area contributed by atoms with Crippen LogP contribution in [0.4, 0.5) is 5.69 Å². The molecule has 1 amide bonds. The zero-order valence-electron chi connectivity index (χ0n) is 9.59. The third kappa shape index (κ3) is 5.28. The molecule has 0 heterocycles. The Hall–Kier alpha value is -0.870. The minimum Gasteiger partial charge on any atom is -0.325 e. The lowest BCUT2D eigenvalue weighted by atomic mass is 10.2. The summed E-state index contributed by atoms with van der Waals surface area (Å²) in [6.07, 6.45) is 0. The SMILES string of the molecule is CC(C)CNCC(=O)Nc1ccc(Br)cc1. The predicted octanol–water partition coefficient (Wildman–Crippen LogP) is 2.63. The largest absolute Gasteiger partial charge is 0.325 e. The Morgan fingerprint density at radius 3 is 2.50 bits per heavy atom. The summed E-state index contributed by atoms with van der Waals surface area (Å²) in [5, 5.41) is 5.92. The Balaban J connectivity index is 2.31. The Labute approximate surface area is 105 Å². The van der Waals surface area contributed by atoms with Crippen molar-refractivity contribution in [3.63, 3.8) is 0 Å². The third-order valence-corrected chi connectivity index (χ3v) is 2.49. The number of anilines is 1. The molecule has 1 rings (SSSR count).